The van der Waals surface area contributed by atoms with E-state index >= 15 is 0 Å². The quantitative estimate of drug-likeness (QED) is 0.764. The smallest absolute Gasteiger partial charge is 0.246 e. The third kappa shape index (κ3) is 2.02. The molecule has 96 valence electrons. The summed E-state index contributed by atoms with van der Waals surface area (Å²) in [6, 6.07) is 3.23. The molecule has 2 amide bonds. The van der Waals surface area contributed by atoms with Gasteiger partial charge in [0.15, 0.2) is 0 Å². The lowest BCUT2D eigenvalue weighted by atomic mass is 10.0. The number of nitrogens with one attached hydrogen (secondary N) is 2. The second kappa shape index (κ2) is 4.70. The lowest BCUT2D eigenvalue weighted by molar-refractivity contribution is -0.150. The van der Waals surface area contributed by atoms with Gasteiger partial charge in [-0.1, -0.05) is 6.07 Å². The standard InChI is InChI=1S/C12H15N3O2S/c16-11-10-7-13-3-4-15(10)12(17)9(14-11)6-8-2-1-5-18-8/h1-2,5,9-10,13H,3-4,6-7H2,(H,14,16)/t9-,10+/m0/s1. The summed E-state index contributed by atoms with van der Waals surface area (Å²) in [6.45, 7) is 1.95. The predicted molar refractivity (Wildman–Crippen MR) is 68.3 cm³/mol. The molecule has 2 fully saturated rings. The molecule has 3 heterocycles. The van der Waals surface area contributed by atoms with Crippen molar-refractivity contribution in [3.05, 3.63) is 22.4 Å². The molecular weight excluding hydrogens is 250 g/mol. The van der Waals surface area contributed by atoms with Crippen molar-refractivity contribution in [1.29, 1.82) is 0 Å². The van der Waals surface area contributed by atoms with Gasteiger partial charge in [-0.15, -0.1) is 11.3 Å². The molecule has 0 spiro atoms. The Morgan fingerprint density at radius 1 is 1.44 bits per heavy atom. The summed E-state index contributed by atoms with van der Waals surface area (Å²) in [7, 11) is 0. The third-order valence-electron chi connectivity index (χ3n) is 3.43. The van der Waals surface area contributed by atoms with Crippen LogP contribution in [0.25, 0.3) is 0 Å². The third-order valence-corrected chi connectivity index (χ3v) is 4.33. The fraction of sp³-hybridized carbons (Fsp3) is 0.500. The number of fused-ring (bicyclic) bond motifs is 1. The monoisotopic (exact) mass is 265 g/mol. The van der Waals surface area contributed by atoms with Gasteiger partial charge in [0.2, 0.25) is 11.8 Å². The van der Waals surface area contributed by atoms with Crippen LogP contribution in [0, 0.1) is 0 Å². The van der Waals surface area contributed by atoms with E-state index in [2.05, 4.69) is 10.6 Å². The van der Waals surface area contributed by atoms with E-state index in [0.29, 0.717) is 19.5 Å². The van der Waals surface area contributed by atoms with E-state index in [9.17, 15) is 9.59 Å². The zero-order valence-electron chi connectivity index (χ0n) is 9.89. The summed E-state index contributed by atoms with van der Waals surface area (Å²) >= 11 is 1.61. The van der Waals surface area contributed by atoms with Crippen molar-refractivity contribution in [2.75, 3.05) is 19.6 Å². The SMILES string of the molecule is O=C1N[C@@H](Cc2cccs2)C(=O)N2CCNC[C@H]12. The number of amides is 2. The van der Waals surface area contributed by atoms with Crippen LogP contribution in [0.2, 0.25) is 0 Å². The van der Waals surface area contributed by atoms with Crippen molar-refractivity contribution in [3.8, 4) is 0 Å². The van der Waals surface area contributed by atoms with E-state index in [4.69, 9.17) is 0 Å². The van der Waals surface area contributed by atoms with Gasteiger partial charge < -0.3 is 15.5 Å². The van der Waals surface area contributed by atoms with E-state index in [1.165, 1.54) is 0 Å². The van der Waals surface area contributed by atoms with Gasteiger partial charge in [-0.05, 0) is 11.4 Å². The van der Waals surface area contributed by atoms with Crippen LogP contribution in [-0.4, -0.2) is 48.4 Å². The topological polar surface area (TPSA) is 61.4 Å². The molecule has 1 aromatic heterocycles. The first-order chi connectivity index (χ1) is 8.75. The first-order valence-electron chi connectivity index (χ1n) is 6.09. The summed E-state index contributed by atoms with van der Waals surface area (Å²) in [5, 5.41) is 7.97. The number of carbonyl (C=O) groups is 2. The minimum absolute atomic E-state index is 0.0386. The van der Waals surface area contributed by atoms with Crippen LogP contribution in [0.5, 0.6) is 0 Å². The largest absolute Gasteiger partial charge is 0.342 e. The van der Waals surface area contributed by atoms with Gasteiger partial charge in [0.25, 0.3) is 0 Å². The summed E-state index contributed by atoms with van der Waals surface area (Å²) in [5.41, 5.74) is 0. The average Bonchev–Trinajstić information content (AvgIpc) is 2.89. The van der Waals surface area contributed by atoms with Gasteiger partial charge in [-0.2, -0.15) is 0 Å². The Morgan fingerprint density at radius 3 is 3.11 bits per heavy atom. The van der Waals surface area contributed by atoms with Crippen LogP contribution in [-0.2, 0) is 16.0 Å². The van der Waals surface area contributed by atoms with E-state index in [1.807, 2.05) is 17.5 Å². The van der Waals surface area contributed by atoms with Crippen LogP contribution in [0.4, 0.5) is 0 Å². The van der Waals surface area contributed by atoms with Crippen molar-refractivity contribution >= 4 is 23.2 Å². The number of piperazine rings is 2. The summed E-state index contributed by atoms with van der Waals surface area (Å²) in [5.74, 6) is 0.0119. The van der Waals surface area contributed by atoms with Gasteiger partial charge in [0.1, 0.15) is 12.1 Å². The molecule has 2 N–H and O–H groups in total. The predicted octanol–water partition coefficient (Wildman–Crippen LogP) is -0.411. The van der Waals surface area contributed by atoms with Crippen molar-refractivity contribution in [1.82, 2.24) is 15.5 Å². The molecule has 5 nitrogen and oxygen atoms in total. The number of thiophene rings is 1. The van der Waals surface area contributed by atoms with Crippen LogP contribution in [0.15, 0.2) is 17.5 Å². The minimum Gasteiger partial charge on any atom is -0.342 e. The Bertz CT molecular complexity index is 460. The lowest BCUT2D eigenvalue weighted by Crippen LogP contribution is -2.69. The van der Waals surface area contributed by atoms with Crippen molar-refractivity contribution in [3.63, 3.8) is 0 Å². The molecule has 0 bridgehead atoms. The Balaban J connectivity index is 1.76. The molecule has 0 aliphatic carbocycles. The molecule has 18 heavy (non-hydrogen) atoms. The maximum atomic E-state index is 12.3. The van der Waals surface area contributed by atoms with Gasteiger partial charge in [-0.25, -0.2) is 0 Å². The molecule has 2 aliphatic heterocycles. The summed E-state index contributed by atoms with van der Waals surface area (Å²) < 4.78 is 0. The molecule has 2 saturated heterocycles. The molecule has 0 radical (unpaired) electrons. The fourth-order valence-corrected chi connectivity index (χ4v) is 3.25. The summed E-state index contributed by atoms with van der Waals surface area (Å²) in [4.78, 5) is 27.1. The van der Waals surface area contributed by atoms with E-state index < -0.39 is 6.04 Å². The van der Waals surface area contributed by atoms with Crippen molar-refractivity contribution < 1.29 is 9.59 Å². The highest BCUT2D eigenvalue weighted by Gasteiger charge is 2.41. The first-order valence-corrected chi connectivity index (χ1v) is 6.97. The van der Waals surface area contributed by atoms with Gasteiger partial charge in [-0.3, -0.25) is 9.59 Å². The molecule has 2 atom stereocenters. The molecule has 0 unspecified atom stereocenters. The average molecular weight is 265 g/mol. The van der Waals surface area contributed by atoms with E-state index in [-0.39, 0.29) is 17.9 Å². The molecule has 6 heteroatoms. The van der Waals surface area contributed by atoms with E-state index in [1.54, 1.807) is 16.2 Å². The summed E-state index contributed by atoms with van der Waals surface area (Å²) in [6.07, 6.45) is 0.596. The number of hydrogen-bond donors (Lipinski definition) is 2. The Kier molecular flexibility index (Phi) is 3.05. The molecule has 3 rings (SSSR count). The fourth-order valence-electron chi connectivity index (χ4n) is 2.50. The van der Waals surface area contributed by atoms with Crippen molar-refractivity contribution in [2.45, 2.75) is 18.5 Å². The maximum Gasteiger partial charge on any atom is 0.246 e. The van der Waals surface area contributed by atoms with Crippen LogP contribution in [0.1, 0.15) is 4.88 Å². The molecular formula is C12H15N3O2S. The highest BCUT2D eigenvalue weighted by Crippen LogP contribution is 2.17. The second-order valence-corrected chi connectivity index (χ2v) is 5.63. The lowest BCUT2D eigenvalue weighted by Gasteiger charge is -2.41. The first kappa shape index (κ1) is 11.7. The maximum absolute atomic E-state index is 12.3. The molecule has 0 saturated carbocycles. The van der Waals surface area contributed by atoms with Crippen LogP contribution in [0.3, 0.4) is 0 Å². The van der Waals surface area contributed by atoms with Gasteiger partial charge in [0.05, 0.1) is 0 Å². The Morgan fingerprint density at radius 2 is 2.33 bits per heavy atom. The van der Waals surface area contributed by atoms with Gasteiger partial charge in [0, 0.05) is 30.9 Å². The molecule has 0 aromatic carbocycles. The number of nitrogens with zero attached hydrogens (tertiary/aromatic N) is 1. The zero-order valence-corrected chi connectivity index (χ0v) is 10.7. The van der Waals surface area contributed by atoms with E-state index in [0.717, 1.165) is 11.4 Å². The Hall–Kier alpha value is -1.40. The highest BCUT2D eigenvalue weighted by molar-refractivity contribution is 7.09. The minimum atomic E-state index is -0.398. The molecule has 1 aromatic rings. The molecule has 2 aliphatic rings. The van der Waals surface area contributed by atoms with Gasteiger partial charge >= 0.3 is 0 Å². The zero-order chi connectivity index (χ0) is 12.5. The van der Waals surface area contributed by atoms with Crippen molar-refractivity contribution in [2.24, 2.45) is 0 Å². The van der Waals surface area contributed by atoms with Crippen LogP contribution >= 0.6 is 11.3 Å². The number of carbonyl (C=O) groups excluding carboxylic acids is 2. The highest BCUT2D eigenvalue weighted by atomic mass is 32.1. The second-order valence-electron chi connectivity index (χ2n) is 4.60. The normalized spacial score (nSPS) is 27.9. The Labute approximate surface area is 109 Å². The number of hydrogen-bond acceptors (Lipinski definition) is 4. The van der Waals surface area contributed by atoms with Crippen LogP contribution < -0.4 is 10.6 Å². The number of rotatable bonds is 2.